The maximum atomic E-state index is 16.0. The molecule has 0 aliphatic heterocycles. The topological polar surface area (TPSA) is 90.7 Å². The van der Waals surface area contributed by atoms with Crippen LogP contribution in [-0.2, 0) is 4.79 Å². The van der Waals surface area contributed by atoms with E-state index < -0.39 is 24.6 Å². The van der Waals surface area contributed by atoms with Crippen LogP contribution in [0.25, 0.3) is 17.0 Å². The van der Waals surface area contributed by atoms with Crippen molar-refractivity contribution in [2.75, 3.05) is 0 Å². The van der Waals surface area contributed by atoms with Crippen molar-refractivity contribution in [3.05, 3.63) is 95.9 Å². The van der Waals surface area contributed by atoms with E-state index in [0.29, 0.717) is 15.8 Å². The fraction of sp³-hybridized carbons (Fsp3) is 0.250. The van der Waals surface area contributed by atoms with Crippen LogP contribution >= 0.6 is 23.5 Å². The minimum Gasteiger partial charge on any atom is -0.481 e. The van der Waals surface area contributed by atoms with Crippen molar-refractivity contribution in [1.29, 1.82) is 0 Å². The summed E-state index contributed by atoms with van der Waals surface area (Å²) in [6.07, 6.45) is 5.32. The lowest BCUT2D eigenvalue weighted by Gasteiger charge is -2.29. The molecule has 0 amide bonds. The molecule has 3 aromatic carbocycles. The van der Waals surface area contributed by atoms with E-state index in [1.807, 2.05) is 60.7 Å². The van der Waals surface area contributed by atoms with Crippen LogP contribution in [0.3, 0.4) is 0 Å². The molecule has 40 heavy (non-hydrogen) atoms. The molecule has 4 aromatic rings. The molecule has 5 nitrogen and oxygen atoms in total. The third-order valence-electron chi connectivity index (χ3n) is 6.94. The van der Waals surface area contributed by atoms with E-state index in [-0.39, 0.29) is 18.2 Å². The Kier molecular flexibility index (Phi) is 9.22. The second kappa shape index (κ2) is 13.0. The summed E-state index contributed by atoms with van der Waals surface area (Å²) in [7, 11) is 0. The van der Waals surface area contributed by atoms with Gasteiger partial charge in [-0.1, -0.05) is 78.5 Å². The lowest BCUT2D eigenvalue weighted by Crippen LogP contribution is -2.19. The lowest BCUT2D eigenvalue weighted by atomic mass is 9.79. The molecule has 0 saturated heterocycles. The van der Waals surface area contributed by atoms with Crippen LogP contribution in [0.2, 0.25) is 0 Å². The Morgan fingerprint density at radius 3 is 2.20 bits per heavy atom. The minimum atomic E-state index is -1.16. The van der Waals surface area contributed by atoms with Crippen LogP contribution in [0.15, 0.2) is 98.6 Å². The number of benzene rings is 3. The molecule has 1 aromatic heterocycles. The number of fused-ring (bicyclic) bond motifs is 1. The van der Waals surface area contributed by atoms with Crippen LogP contribution in [0.1, 0.15) is 49.1 Å². The van der Waals surface area contributed by atoms with Gasteiger partial charge in [-0.05, 0) is 54.7 Å². The molecule has 0 unspecified atom stereocenters. The summed E-state index contributed by atoms with van der Waals surface area (Å²) < 4.78 is 16.0. The molecule has 2 atom stereocenters. The van der Waals surface area contributed by atoms with Gasteiger partial charge in [-0.3, -0.25) is 9.78 Å². The number of aliphatic hydroxyl groups is 2. The number of nitrogens with zero attached hydrogens (tertiary/aromatic N) is 1. The van der Waals surface area contributed by atoms with Crippen molar-refractivity contribution in [3.63, 3.8) is 0 Å². The highest BCUT2D eigenvalue weighted by Gasteiger charge is 2.29. The molecule has 3 N–H and O–H groups in total. The maximum absolute atomic E-state index is 16.0. The highest BCUT2D eigenvalue weighted by molar-refractivity contribution is 7.99. The summed E-state index contributed by atoms with van der Waals surface area (Å²) in [6, 6.07) is 21.2. The Labute approximate surface area is 241 Å². The maximum Gasteiger partial charge on any atom is 0.305 e. The van der Waals surface area contributed by atoms with Gasteiger partial charge in [0.15, 0.2) is 0 Å². The zero-order valence-electron chi connectivity index (χ0n) is 21.7. The summed E-state index contributed by atoms with van der Waals surface area (Å²) in [5.74, 6) is -1.17. The molecule has 8 heteroatoms. The van der Waals surface area contributed by atoms with Gasteiger partial charge < -0.3 is 15.3 Å². The van der Waals surface area contributed by atoms with Crippen molar-refractivity contribution in [1.82, 2.24) is 4.98 Å². The number of hydrogen-bond donors (Lipinski definition) is 3. The van der Waals surface area contributed by atoms with E-state index in [4.69, 9.17) is 10.1 Å². The second-order valence-electron chi connectivity index (χ2n) is 9.91. The Morgan fingerprint density at radius 2 is 1.62 bits per heavy atom. The molecular weight excluding hydrogens is 545 g/mol. The highest BCUT2D eigenvalue weighted by Crippen LogP contribution is 2.48. The van der Waals surface area contributed by atoms with Gasteiger partial charge in [0.25, 0.3) is 0 Å². The van der Waals surface area contributed by atoms with E-state index in [2.05, 4.69) is 0 Å². The Hall–Kier alpha value is -3.17. The fourth-order valence-corrected chi connectivity index (χ4v) is 6.88. The van der Waals surface area contributed by atoms with Crippen LogP contribution in [0.5, 0.6) is 0 Å². The first-order chi connectivity index (χ1) is 19.4. The zero-order valence-corrected chi connectivity index (χ0v) is 23.4. The number of pyridine rings is 1. The van der Waals surface area contributed by atoms with Crippen molar-refractivity contribution < 1.29 is 24.5 Å². The van der Waals surface area contributed by atoms with Gasteiger partial charge in [0.05, 0.1) is 29.0 Å². The van der Waals surface area contributed by atoms with E-state index in [1.165, 1.54) is 29.6 Å². The highest BCUT2D eigenvalue weighted by atomic mass is 32.2. The summed E-state index contributed by atoms with van der Waals surface area (Å²) in [4.78, 5) is 19.1. The number of carboxylic acid groups (broad SMARTS) is 1. The minimum absolute atomic E-state index is 0.106. The summed E-state index contributed by atoms with van der Waals surface area (Å²) in [5.41, 5.74) is 2.45. The van der Waals surface area contributed by atoms with E-state index in [1.54, 1.807) is 18.3 Å². The zero-order chi connectivity index (χ0) is 28.1. The van der Waals surface area contributed by atoms with E-state index in [0.717, 1.165) is 45.0 Å². The van der Waals surface area contributed by atoms with Crippen LogP contribution in [0, 0.1) is 5.82 Å². The Morgan fingerprint density at radius 1 is 1.00 bits per heavy atom. The predicted molar refractivity (Wildman–Crippen MR) is 157 cm³/mol. The van der Waals surface area contributed by atoms with Crippen molar-refractivity contribution in [2.24, 2.45) is 0 Å². The van der Waals surface area contributed by atoms with Gasteiger partial charge >= 0.3 is 5.97 Å². The standard InChI is InChI=1S/C32H30FNO4S2/c33-27-18-26-30(29(20-8-7-9-20)32(27)40-25-12-5-2-6-13-25)34-19-21(31(26)39-24-10-3-1-4-11-24)14-15-22(35)16-23(36)17-28(37)38/h1-6,10-15,18-20,22-23,35-36H,7-9,16-17H2,(H,37,38)/b15-14+/t22-,23-/m1/s1. The molecule has 0 bridgehead atoms. The summed E-state index contributed by atoms with van der Waals surface area (Å²) >= 11 is 2.95. The predicted octanol–water partition coefficient (Wildman–Crippen LogP) is 7.54. The molecule has 1 aliphatic carbocycles. The first-order valence-electron chi connectivity index (χ1n) is 13.3. The van der Waals surface area contributed by atoms with Gasteiger partial charge in [0.2, 0.25) is 0 Å². The third kappa shape index (κ3) is 6.75. The largest absolute Gasteiger partial charge is 0.481 e. The molecule has 206 valence electrons. The van der Waals surface area contributed by atoms with Crippen LogP contribution < -0.4 is 0 Å². The average molecular weight is 576 g/mol. The number of carbonyl (C=O) groups is 1. The summed E-state index contributed by atoms with van der Waals surface area (Å²) in [6.45, 7) is 0. The second-order valence-corrected chi connectivity index (χ2v) is 12.1. The first kappa shape index (κ1) is 28.4. The number of hydrogen-bond acceptors (Lipinski definition) is 6. The van der Waals surface area contributed by atoms with Crippen LogP contribution in [0.4, 0.5) is 4.39 Å². The van der Waals surface area contributed by atoms with E-state index in [9.17, 15) is 15.0 Å². The van der Waals surface area contributed by atoms with Crippen molar-refractivity contribution >= 4 is 46.5 Å². The van der Waals surface area contributed by atoms with E-state index >= 15 is 4.39 Å². The molecule has 0 radical (unpaired) electrons. The molecule has 1 fully saturated rings. The molecular formula is C32H30FNO4S2. The lowest BCUT2D eigenvalue weighted by molar-refractivity contribution is -0.139. The van der Waals surface area contributed by atoms with Gasteiger partial charge in [0.1, 0.15) is 5.82 Å². The molecule has 5 rings (SSSR count). The molecule has 0 spiro atoms. The monoisotopic (exact) mass is 575 g/mol. The molecule has 1 saturated carbocycles. The van der Waals surface area contributed by atoms with Crippen molar-refractivity contribution in [2.45, 2.75) is 69.8 Å². The number of carboxylic acids is 1. The molecule has 1 heterocycles. The van der Waals surface area contributed by atoms with Gasteiger partial charge in [-0.15, -0.1) is 0 Å². The smallest absolute Gasteiger partial charge is 0.305 e. The Balaban J connectivity index is 1.59. The number of halogens is 1. The fourth-order valence-electron chi connectivity index (χ4n) is 4.78. The third-order valence-corrected chi connectivity index (χ3v) is 9.24. The van der Waals surface area contributed by atoms with Crippen molar-refractivity contribution in [3.8, 4) is 0 Å². The Bertz CT molecular complexity index is 1510. The van der Waals surface area contributed by atoms with Crippen LogP contribution in [-0.4, -0.2) is 38.5 Å². The first-order valence-corrected chi connectivity index (χ1v) is 14.9. The number of aliphatic carboxylic acids is 1. The summed E-state index contributed by atoms with van der Waals surface area (Å²) in [5, 5.41) is 30.0. The average Bonchev–Trinajstić information content (AvgIpc) is 2.90. The van der Waals surface area contributed by atoms with Gasteiger partial charge in [-0.2, -0.15) is 0 Å². The number of rotatable bonds is 11. The van der Waals surface area contributed by atoms with Gasteiger partial charge in [0, 0.05) is 38.3 Å². The van der Waals surface area contributed by atoms with Gasteiger partial charge in [-0.25, -0.2) is 4.39 Å². The number of aliphatic hydroxyl groups excluding tert-OH is 2. The quantitative estimate of drug-likeness (QED) is 0.170. The number of aromatic nitrogens is 1. The SMILES string of the molecule is O=C(O)C[C@H](O)C[C@H](O)/C=C/c1cnc2c(C3CCC3)c(Sc3ccccc3)c(F)cc2c1Sc1ccccc1. The molecule has 1 aliphatic rings. The normalized spacial score (nSPS) is 15.3.